The zero-order valence-corrected chi connectivity index (χ0v) is 9.83. The van der Waals surface area contributed by atoms with Gasteiger partial charge in [-0.15, -0.1) is 0 Å². The van der Waals surface area contributed by atoms with Gasteiger partial charge in [-0.2, -0.15) is 0 Å². The molecule has 0 rings (SSSR count). The molecule has 10 heavy (non-hydrogen) atoms. The average molecular weight is 178 g/mol. The Balaban J connectivity index is 0. The number of hydrogen-bond donors (Lipinski definition) is 0. The van der Waals surface area contributed by atoms with Crippen LogP contribution in [-0.4, -0.2) is 6.98 Å². The molecule has 56 valence electrons. The van der Waals surface area contributed by atoms with E-state index in [1.165, 1.54) is 6.92 Å². The zero-order valence-electron chi connectivity index (χ0n) is 6.70. The van der Waals surface area contributed by atoms with Gasteiger partial charge < -0.3 is 12.9 Å². The Kier molecular flexibility index (Phi) is 8.50. The van der Waals surface area contributed by atoms with Crippen molar-refractivity contribution in [3.63, 3.8) is 0 Å². The van der Waals surface area contributed by atoms with Crippen molar-refractivity contribution in [2.24, 2.45) is 0 Å². The summed E-state index contributed by atoms with van der Waals surface area (Å²) in [5, 5.41) is 0. The van der Waals surface area contributed by atoms with Crippen LogP contribution in [0.5, 0.6) is 0 Å². The number of hydrogen-bond acceptors (Lipinski definition) is 0. The second-order valence-electron chi connectivity index (χ2n) is 2.39. The molecule has 0 aliphatic heterocycles. The maximum Gasteiger partial charge on any atom is 1.00 e. The van der Waals surface area contributed by atoms with Crippen LogP contribution in [0.3, 0.4) is 0 Å². The van der Waals surface area contributed by atoms with Gasteiger partial charge in [-0.1, -0.05) is 32.5 Å². The molecule has 1 unspecified atom stereocenters. The van der Waals surface area contributed by atoms with E-state index >= 15 is 0 Å². The summed E-state index contributed by atoms with van der Waals surface area (Å²) in [7, 11) is 0. The van der Waals surface area contributed by atoms with E-state index < -0.39 is 12.8 Å². The largest absolute Gasteiger partial charge is 1.00 e. The molecule has 0 amide bonds. The first kappa shape index (κ1) is 14.0. The van der Waals surface area contributed by atoms with E-state index in [-0.39, 0.29) is 57.8 Å². The first-order valence-electron chi connectivity index (χ1n) is 3.18. The third kappa shape index (κ3) is 6.22. The molecule has 0 aliphatic carbocycles. The first-order chi connectivity index (χ1) is 3.98. The van der Waals surface area contributed by atoms with E-state index in [9.17, 15) is 12.9 Å². The summed E-state index contributed by atoms with van der Waals surface area (Å²) in [4.78, 5) is 0. The number of halogens is 3. The van der Waals surface area contributed by atoms with Crippen LogP contribution < -0.4 is 51.4 Å². The van der Waals surface area contributed by atoms with Crippen LogP contribution >= 0.6 is 0 Å². The van der Waals surface area contributed by atoms with Crippen molar-refractivity contribution in [2.45, 2.75) is 32.5 Å². The van der Waals surface area contributed by atoms with Gasteiger partial charge in [0.25, 0.3) is 0 Å². The predicted molar refractivity (Wildman–Crippen MR) is 33.4 cm³/mol. The molecule has 0 saturated carbocycles. The molecular weight excluding hydrogens is 167 g/mol. The van der Waals surface area contributed by atoms with E-state index in [4.69, 9.17) is 0 Å². The fourth-order valence-electron chi connectivity index (χ4n) is 0.644. The molecule has 0 aliphatic rings. The molecule has 5 heteroatoms. The minimum Gasteiger partial charge on any atom is -0.449 e. The second kappa shape index (κ2) is 6.06. The quantitative estimate of drug-likeness (QED) is 0.535. The standard InChI is InChI=1S/C5H11BF3.K/c1-3-4-5(2)6(7,8)9;/h5H,3-4H2,1-2H3;/q-1;+1. The average Bonchev–Trinajstić information content (AvgIpc) is 1.64. The van der Waals surface area contributed by atoms with Crippen molar-refractivity contribution in [1.82, 2.24) is 0 Å². The smallest absolute Gasteiger partial charge is 0.449 e. The molecule has 0 heterocycles. The molecule has 0 aromatic heterocycles. The van der Waals surface area contributed by atoms with Crippen molar-refractivity contribution in [3.8, 4) is 0 Å². The molecule has 0 nitrogen and oxygen atoms in total. The van der Waals surface area contributed by atoms with Crippen LogP contribution in [-0.2, 0) is 0 Å². The van der Waals surface area contributed by atoms with Gasteiger partial charge in [-0.25, -0.2) is 0 Å². The summed E-state index contributed by atoms with van der Waals surface area (Å²) in [6.45, 7) is -1.57. The van der Waals surface area contributed by atoms with Crippen LogP contribution in [0.4, 0.5) is 12.9 Å². The molecule has 0 N–H and O–H groups in total. The van der Waals surface area contributed by atoms with Gasteiger partial charge in [-0.3, -0.25) is 0 Å². The molecule has 0 saturated heterocycles. The van der Waals surface area contributed by atoms with Crippen molar-refractivity contribution >= 4 is 6.98 Å². The maximum atomic E-state index is 11.7. The van der Waals surface area contributed by atoms with Crippen LogP contribution in [0, 0.1) is 0 Å². The molecule has 0 spiro atoms. The summed E-state index contributed by atoms with van der Waals surface area (Å²) < 4.78 is 35.1. The molecule has 0 aromatic carbocycles. The van der Waals surface area contributed by atoms with Gasteiger partial charge in [0.2, 0.25) is 0 Å². The van der Waals surface area contributed by atoms with Crippen molar-refractivity contribution < 1.29 is 64.3 Å². The van der Waals surface area contributed by atoms with Crippen molar-refractivity contribution in [2.75, 3.05) is 0 Å². The fraction of sp³-hybridized carbons (Fsp3) is 1.00. The Hall–Kier alpha value is 1.49. The SMILES string of the molecule is CCCC(C)[B-](F)(F)F.[K+]. The third-order valence-corrected chi connectivity index (χ3v) is 1.39. The monoisotopic (exact) mass is 178 g/mol. The first-order valence-corrected chi connectivity index (χ1v) is 3.18. The summed E-state index contributed by atoms with van der Waals surface area (Å²) in [6, 6.07) is 0. The molecule has 1 atom stereocenters. The summed E-state index contributed by atoms with van der Waals surface area (Å²) in [5.41, 5.74) is 0. The Morgan fingerprint density at radius 2 is 1.70 bits per heavy atom. The van der Waals surface area contributed by atoms with E-state index in [2.05, 4.69) is 0 Å². The van der Waals surface area contributed by atoms with Gasteiger partial charge in [-0.05, 0) is 0 Å². The van der Waals surface area contributed by atoms with Crippen LogP contribution in [0.15, 0.2) is 0 Å². The van der Waals surface area contributed by atoms with Crippen LogP contribution in [0.2, 0.25) is 5.82 Å². The van der Waals surface area contributed by atoms with E-state index in [1.54, 1.807) is 6.92 Å². The predicted octanol–water partition coefficient (Wildman–Crippen LogP) is 0.0280. The van der Waals surface area contributed by atoms with Gasteiger partial charge in [0.1, 0.15) is 0 Å². The third-order valence-electron chi connectivity index (χ3n) is 1.39. The minimum atomic E-state index is -4.57. The topological polar surface area (TPSA) is 0 Å². The van der Waals surface area contributed by atoms with Gasteiger partial charge in [0.05, 0.1) is 0 Å². The molecular formula is C5H11BF3K. The van der Waals surface area contributed by atoms with Gasteiger partial charge >= 0.3 is 58.4 Å². The van der Waals surface area contributed by atoms with Crippen molar-refractivity contribution in [1.29, 1.82) is 0 Å². The zero-order chi connectivity index (χ0) is 7.49. The van der Waals surface area contributed by atoms with Crippen molar-refractivity contribution in [3.05, 3.63) is 0 Å². The Morgan fingerprint density at radius 3 is 1.80 bits per heavy atom. The minimum absolute atomic E-state index is 0. The Morgan fingerprint density at radius 1 is 1.30 bits per heavy atom. The van der Waals surface area contributed by atoms with Gasteiger partial charge in [0.15, 0.2) is 0 Å². The van der Waals surface area contributed by atoms with Crippen LogP contribution in [0.25, 0.3) is 0 Å². The maximum absolute atomic E-state index is 11.7. The summed E-state index contributed by atoms with van der Waals surface area (Å²) >= 11 is 0. The summed E-state index contributed by atoms with van der Waals surface area (Å²) in [5.74, 6) is -1.07. The van der Waals surface area contributed by atoms with Gasteiger partial charge in [0, 0.05) is 0 Å². The Bertz CT molecular complexity index is 83.5. The normalized spacial score (nSPS) is 14.1. The second-order valence-corrected chi connectivity index (χ2v) is 2.39. The van der Waals surface area contributed by atoms with E-state index in [0.717, 1.165) is 0 Å². The Labute approximate surface area is 102 Å². The molecule has 0 radical (unpaired) electrons. The van der Waals surface area contributed by atoms with E-state index in [1.807, 2.05) is 0 Å². The fourth-order valence-corrected chi connectivity index (χ4v) is 0.644. The number of rotatable bonds is 3. The molecule has 0 aromatic rings. The summed E-state index contributed by atoms with van der Waals surface area (Å²) in [6.07, 6.45) is 0.881. The van der Waals surface area contributed by atoms with Crippen LogP contribution in [0.1, 0.15) is 26.7 Å². The van der Waals surface area contributed by atoms with E-state index in [0.29, 0.717) is 6.42 Å². The molecule has 0 bridgehead atoms. The molecule has 0 fully saturated rings.